The molecule has 2 aromatic carbocycles. The molecule has 35 heavy (non-hydrogen) atoms. The van der Waals surface area contributed by atoms with Gasteiger partial charge in [0.05, 0.1) is 5.52 Å². The number of carbonyl (C=O) groups is 1. The van der Waals surface area contributed by atoms with E-state index in [1.54, 1.807) is 0 Å². The van der Waals surface area contributed by atoms with Crippen LogP contribution in [0.1, 0.15) is 61.1 Å². The minimum atomic E-state index is 0.0398. The Morgan fingerprint density at radius 3 is 2.57 bits per heavy atom. The fraction of sp³-hybridized carbons (Fsp3) is 0.407. The van der Waals surface area contributed by atoms with Crippen LogP contribution < -0.4 is 4.90 Å². The van der Waals surface area contributed by atoms with Gasteiger partial charge in [0.15, 0.2) is 5.65 Å². The molecule has 2 aliphatic rings. The number of nitrogens with zero attached hydrogens (tertiary/aromatic N) is 6. The maximum Gasteiger partial charge on any atom is 0.254 e. The molecular formula is C27H29ClN6O. The Morgan fingerprint density at radius 1 is 1.00 bits per heavy atom. The van der Waals surface area contributed by atoms with Gasteiger partial charge in [0.1, 0.15) is 5.82 Å². The number of rotatable bonds is 3. The van der Waals surface area contributed by atoms with Crippen molar-refractivity contribution in [1.82, 2.24) is 24.5 Å². The van der Waals surface area contributed by atoms with E-state index in [4.69, 9.17) is 21.7 Å². The first kappa shape index (κ1) is 22.3. The summed E-state index contributed by atoms with van der Waals surface area (Å²) < 4.78 is 2.17. The van der Waals surface area contributed by atoms with E-state index < -0.39 is 0 Å². The van der Waals surface area contributed by atoms with Gasteiger partial charge in [-0.15, -0.1) is 10.2 Å². The molecule has 3 heterocycles. The van der Waals surface area contributed by atoms with Gasteiger partial charge in [-0.05, 0) is 50.1 Å². The largest absolute Gasteiger partial charge is 0.338 e. The summed E-state index contributed by atoms with van der Waals surface area (Å²) in [6, 6.07) is 15.3. The second kappa shape index (κ2) is 9.11. The number of aromatic nitrogens is 4. The van der Waals surface area contributed by atoms with E-state index in [2.05, 4.69) is 21.3 Å². The average Bonchev–Trinajstić information content (AvgIpc) is 3.34. The lowest BCUT2D eigenvalue weighted by atomic mass is 9.89. The maximum atomic E-state index is 13.1. The number of halogens is 1. The van der Waals surface area contributed by atoms with Crippen LogP contribution in [0.5, 0.6) is 0 Å². The minimum Gasteiger partial charge on any atom is -0.338 e. The fourth-order valence-electron chi connectivity index (χ4n) is 5.64. The summed E-state index contributed by atoms with van der Waals surface area (Å²) in [5.41, 5.74) is 2.38. The lowest BCUT2D eigenvalue weighted by molar-refractivity contribution is 0.0673. The quantitative estimate of drug-likeness (QED) is 0.390. The molecule has 4 aromatic rings. The third kappa shape index (κ3) is 4.01. The van der Waals surface area contributed by atoms with Crippen molar-refractivity contribution in [2.75, 3.05) is 24.5 Å². The zero-order valence-corrected chi connectivity index (χ0v) is 20.7. The smallest absolute Gasteiger partial charge is 0.254 e. The van der Waals surface area contributed by atoms with Crippen LogP contribution in [-0.4, -0.2) is 56.1 Å². The van der Waals surface area contributed by atoms with Crippen molar-refractivity contribution in [2.45, 2.75) is 51.0 Å². The monoisotopic (exact) mass is 488 g/mol. The van der Waals surface area contributed by atoms with Gasteiger partial charge in [0.2, 0.25) is 5.95 Å². The molecule has 1 aliphatic carbocycles. The highest BCUT2D eigenvalue weighted by Gasteiger charge is 2.32. The van der Waals surface area contributed by atoms with Gasteiger partial charge in [-0.1, -0.05) is 49.1 Å². The van der Waals surface area contributed by atoms with E-state index in [-0.39, 0.29) is 11.9 Å². The maximum absolute atomic E-state index is 13.1. The van der Waals surface area contributed by atoms with Crippen molar-refractivity contribution >= 4 is 40.0 Å². The van der Waals surface area contributed by atoms with Crippen LogP contribution in [-0.2, 0) is 0 Å². The summed E-state index contributed by atoms with van der Waals surface area (Å²) in [6.07, 6.45) is 6.00. The van der Waals surface area contributed by atoms with Crippen molar-refractivity contribution < 1.29 is 4.79 Å². The molecule has 1 amide bonds. The van der Waals surface area contributed by atoms with Gasteiger partial charge in [0.25, 0.3) is 5.91 Å². The van der Waals surface area contributed by atoms with Crippen LogP contribution in [0, 0.1) is 0 Å². The highest BCUT2D eigenvalue weighted by atomic mass is 35.5. The first-order valence-electron chi connectivity index (χ1n) is 12.6. The Kier molecular flexibility index (Phi) is 5.80. The molecule has 0 spiro atoms. The highest BCUT2D eigenvalue weighted by molar-refractivity contribution is 6.31. The van der Waals surface area contributed by atoms with Gasteiger partial charge in [-0.2, -0.15) is 0 Å². The van der Waals surface area contributed by atoms with Crippen LogP contribution in [0.25, 0.3) is 16.6 Å². The first-order valence-corrected chi connectivity index (χ1v) is 12.9. The number of hydrogen-bond donors (Lipinski definition) is 0. The molecule has 180 valence electrons. The third-order valence-electron chi connectivity index (χ3n) is 7.47. The Hall–Kier alpha value is -3.19. The normalized spacial score (nSPS) is 19.5. The predicted octanol–water partition coefficient (Wildman–Crippen LogP) is 5.33. The van der Waals surface area contributed by atoms with Crippen molar-refractivity contribution in [2.24, 2.45) is 0 Å². The zero-order valence-electron chi connectivity index (χ0n) is 19.9. The molecule has 1 atom stereocenters. The number of fused-ring (bicyclic) bond motifs is 3. The number of benzene rings is 2. The number of anilines is 1. The Morgan fingerprint density at radius 2 is 1.80 bits per heavy atom. The summed E-state index contributed by atoms with van der Waals surface area (Å²) in [5, 5.41) is 11.0. The molecule has 7 nitrogen and oxygen atoms in total. The average molecular weight is 489 g/mol. The molecule has 6 rings (SSSR count). The van der Waals surface area contributed by atoms with Gasteiger partial charge >= 0.3 is 0 Å². The lowest BCUT2D eigenvalue weighted by Crippen LogP contribution is -2.54. The van der Waals surface area contributed by atoms with Gasteiger partial charge in [0, 0.05) is 47.6 Å². The SMILES string of the molecule is CC1CN(c2nc3cc(Cl)ccc3c3nnc(C4CCCCC4)n23)CCN1C(=O)c1ccccc1. The molecule has 1 aliphatic heterocycles. The zero-order chi connectivity index (χ0) is 23.9. The molecule has 0 radical (unpaired) electrons. The number of carbonyl (C=O) groups excluding carboxylic acids is 1. The van der Waals surface area contributed by atoms with E-state index in [1.807, 2.05) is 53.4 Å². The fourth-order valence-corrected chi connectivity index (χ4v) is 5.80. The van der Waals surface area contributed by atoms with Crippen LogP contribution >= 0.6 is 11.6 Å². The van der Waals surface area contributed by atoms with Gasteiger partial charge in [-0.3, -0.25) is 4.79 Å². The van der Waals surface area contributed by atoms with Crippen LogP contribution in [0.3, 0.4) is 0 Å². The van der Waals surface area contributed by atoms with E-state index >= 15 is 0 Å². The van der Waals surface area contributed by atoms with Gasteiger partial charge < -0.3 is 9.80 Å². The predicted molar refractivity (Wildman–Crippen MR) is 138 cm³/mol. The van der Waals surface area contributed by atoms with Crippen LogP contribution in [0.4, 0.5) is 5.95 Å². The van der Waals surface area contributed by atoms with Crippen LogP contribution in [0.15, 0.2) is 48.5 Å². The minimum absolute atomic E-state index is 0.0398. The molecule has 2 fully saturated rings. The molecule has 1 saturated heterocycles. The first-order chi connectivity index (χ1) is 17.1. The van der Waals surface area contributed by atoms with E-state index in [1.165, 1.54) is 19.3 Å². The summed E-state index contributed by atoms with van der Waals surface area (Å²) >= 11 is 6.33. The van der Waals surface area contributed by atoms with E-state index in [0.29, 0.717) is 30.6 Å². The summed E-state index contributed by atoms with van der Waals surface area (Å²) in [4.78, 5) is 22.5. The van der Waals surface area contributed by atoms with Crippen molar-refractivity contribution in [3.63, 3.8) is 0 Å². The molecular weight excluding hydrogens is 460 g/mol. The van der Waals surface area contributed by atoms with Crippen LogP contribution in [0.2, 0.25) is 5.02 Å². The molecule has 1 unspecified atom stereocenters. The lowest BCUT2D eigenvalue weighted by Gasteiger charge is -2.40. The van der Waals surface area contributed by atoms with Crippen molar-refractivity contribution in [3.8, 4) is 0 Å². The molecule has 1 saturated carbocycles. The Labute approximate surface area is 209 Å². The summed E-state index contributed by atoms with van der Waals surface area (Å²) in [5.74, 6) is 2.32. The summed E-state index contributed by atoms with van der Waals surface area (Å²) in [6.45, 7) is 4.12. The molecule has 8 heteroatoms. The highest BCUT2D eigenvalue weighted by Crippen LogP contribution is 2.35. The molecule has 0 N–H and O–H groups in total. The molecule has 2 aromatic heterocycles. The topological polar surface area (TPSA) is 66.6 Å². The van der Waals surface area contributed by atoms with Gasteiger partial charge in [-0.25, -0.2) is 9.38 Å². The van der Waals surface area contributed by atoms with E-state index in [0.717, 1.165) is 46.7 Å². The second-order valence-corrected chi connectivity index (χ2v) is 10.2. The Bertz CT molecular complexity index is 1380. The van der Waals surface area contributed by atoms with E-state index in [9.17, 15) is 4.79 Å². The third-order valence-corrected chi connectivity index (χ3v) is 7.71. The van der Waals surface area contributed by atoms with Crippen molar-refractivity contribution in [1.29, 1.82) is 0 Å². The number of hydrogen-bond acceptors (Lipinski definition) is 5. The summed E-state index contributed by atoms with van der Waals surface area (Å²) in [7, 11) is 0. The second-order valence-electron chi connectivity index (χ2n) is 9.79. The number of amides is 1. The molecule has 0 bridgehead atoms. The number of piperazine rings is 1. The van der Waals surface area contributed by atoms with Crippen molar-refractivity contribution in [3.05, 3.63) is 64.9 Å². The Balaban J connectivity index is 1.40. The standard InChI is InChI=1S/C27H29ClN6O/c1-18-17-32(14-15-33(18)26(35)20-10-6-3-7-11-20)27-29-23-16-21(28)12-13-22(23)25-31-30-24(34(25)27)19-8-4-2-5-9-19/h3,6-7,10-13,16,18-19H,2,4-5,8-9,14-15,17H2,1H3.